The summed E-state index contributed by atoms with van der Waals surface area (Å²) >= 11 is 0. The van der Waals surface area contributed by atoms with Crippen LogP contribution in [0.5, 0.6) is 0 Å². The first-order valence-corrected chi connectivity index (χ1v) is 7.22. The third-order valence-corrected chi connectivity index (χ3v) is 4.30. The van der Waals surface area contributed by atoms with Crippen LogP contribution in [-0.2, 0) is 9.53 Å². The molecule has 2 rings (SSSR count). The zero-order valence-electron chi connectivity index (χ0n) is 11.3. The molecule has 0 aromatic heterocycles. The van der Waals surface area contributed by atoms with Crippen LogP contribution in [0.4, 0.5) is 0 Å². The molecule has 0 radical (unpaired) electrons. The Hall–Kier alpha value is -0.610. The molecule has 2 fully saturated rings. The fourth-order valence-corrected chi connectivity index (χ4v) is 3.17. The van der Waals surface area contributed by atoms with Crippen molar-refractivity contribution in [2.75, 3.05) is 19.7 Å². The highest BCUT2D eigenvalue weighted by molar-refractivity contribution is 5.69. The number of rotatable bonds is 5. The molecule has 2 aliphatic rings. The summed E-state index contributed by atoms with van der Waals surface area (Å²) in [6, 6.07) is 0.446. The van der Waals surface area contributed by atoms with Gasteiger partial charge in [0.1, 0.15) is 0 Å². The standard InChI is InChI=1S/C14H25NO3/c1-11-4-6-12(7-5-11)15(10-14(16)17)9-13-3-2-8-18-13/h11-13H,2-10H2,1H3,(H,16,17)/t11?,12?,13-/m0/s1. The Bertz CT molecular complexity index is 268. The second-order valence-electron chi connectivity index (χ2n) is 5.87. The molecule has 18 heavy (non-hydrogen) atoms. The van der Waals surface area contributed by atoms with Crippen molar-refractivity contribution in [3.05, 3.63) is 0 Å². The molecule has 1 saturated heterocycles. The van der Waals surface area contributed by atoms with Crippen molar-refractivity contribution in [3.63, 3.8) is 0 Å². The molecule has 0 spiro atoms. The van der Waals surface area contributed by atoms with E-state index in [9.17, 15) is 4.79 Å². The maximum Gasteiger partial charge on any atom is 0.317 e. The number of carboxylic acid groups (broad SMARTS) is 1. The maximum atomic E-state index is 11.0. The first-order chi connectivity index (χ1) is 8.65. The van der Waals surface area contributed by atoms with Crippen molar-refractivity contribution in [1.82, 2.24) is 4.90 Å². The summed E-state index contributed by atoms with van der Waals surface area (Å²) in [6.45, 7) is 4.09. The molecule has 1 saturated carbocycles. The lowest BCUT2D eigenvalue weighted by Crippen LogP contribution is -2.44. The minimum Gasteiger partial charge on any atom is -0.480 e. The van der Waals surface area contributed by atoms with Gasteiger partial charge >= 0.3 is 5.97 Å². The Morgan fingerprint density at radius 3 is 2.56 bits per heavy atom. The smallest absolute Gasteiger partial charge is 0.317 e. The molecule has 1 N–H and O–H groups in total. The topological polar surface area (TPSA) is 49.8 Å². The van der Waals surface area contributed by atoms with Gasteiger partial charge in [0.15, 0.2) is 0 Å². The summed E-state index contributed by atoms with van der Waals surface area (Å²) in [5.41, 5.74) is 0. The van der Waals surface area contributed by atoms with E-state index in [1.54, 1.807) is 0 Å². The zero-order chi connectivity index (χ0) is 13.0. The molecule has 0 aromatic carbocycles. The van der Waals surface area contributed by atoms with E-state index in [-0.39, 0.29) is 12.6 Å². The van der Waals surface area contributed by atoms with Crippen molar-refractivity contribution in [2.45, 2.75) is 57.6 Å². The number of hydrogen-bond donors (Lipinski definition) is 1. The van der Waals surface area contributed by atoms with Gasteiger partial charge in [0.2, 0.25) is 0 Å². The van der Waals surface area contributed by atoms with Crippen molar-refractivity contribution in [3.8, 4) is 0 Å². The van der Waals surface area contributed by atoms with E-state index in [0.29, 0.717) is 6.04 Å². The van der Waals surface area contributed by atoms with Crippen molar-refractivity contribution in [1.29, 1.82) is 0 Å². The summed E-state index contributed by atoms with van der Waals surface area (Å²) in [5, 5.41) is 9.06. The SMILES string of the molecule is CC1CCC(N(CC(=O)O)C[C@@H]2CCCO2)CC1. The van der Waals surface area contributed by atoms with Gasteiger partial charge in [-0.1, -0.05) is 6.92 Å². The van der Waals surface area contributed by atoms with Crippen LogP contribution in [-0.4, -0.2) is 47.8 Å². The average Bonchev–Trinajstić information content (AvgIpc) is 2.81. The summed E-state index contributed by atoms with van der Waals surface area (Å²) in [7, 11) is 0. The second kappa shape index (κ2) is 6.53. The fourth-order valence-electron chi connectivity index (χ4n) is 3.17. The zero-order valence-corrected chi connectivity index (χ0v) is 11.3. The molecular weight excluding hydrogens is 230 g/mol. The highest BCUT2D eigenvalue weighted by atomic mass is 16.5. The molecule has 1 aliphatic carbocycles. The Kier molecular flexibility index (Phi) is 5.01. The van der Waals surface area contributed by atoms with Crippen LogP contribution in [0.15, 0.2) is 0 Å². The number of carboxylic acids is 1. The molecule has 0 bridgehead atoms. The van der Waals surface area contributed by atoms with Crippen molar-refractivity contribution in [2.24, 2.45) is 5.92 Å². The van der Waals surface area contributed by atoms with Gasteiger partial charge in [-0.2, -0.15) is 0 Å². The number of carbonyl (C=O) groups is 1. The normalized spacial score (nSPS) is 32.9. The number of hydrogen-bond acceptors (Lipinski definition) is 3. The highest BCUT2D eigenvalue weighted by Crippen LogP contribution is 2.28. The lowest BCUT2D eigenvalue weighted by atomic mass is 9.86. The fraction of sp³-hybridized carbons (Fsp3) is 0.929. The predicted octanol–water partition coefficient (Wildman–Crippen LogP) is 2.13. The molecular formula is C14H25NO3. The van der Waals surface area contributed by atoms with Gasteiger partial charge in [-0.3, -0.25) is 9.69 Å². The summed E-state index contributed by atoms with van der Waals surface area (Å²) in [6.07, 6.45) is 7.19. The third-order valence-electron chi connectivity index (χ3n) is 4.30. The minimum absolute atomic E-state index is 0.166. The van der Waals surface area contributed by atoms with E-state index in [4.69, 9.17) is 9.84 Å². The lowest BCUT2D eigenvalue weighted by molar-refractivity contribution is -0.139. The average molecular weight is 255 g/mol. The largest absolute Gasteiger partial charge is 0.480 e. The van der Waals surface area contributed by atoms with Crippen LogP contribution in [0.2, 0.25) is 0 Å². The Morgan fingerprint density at radius 1 is 1.28 bits per heavy atom. The van der Waals surface area contributed by atoms with Gasteiger partial charge in [0.25, 0.3) is 0 Å². The maximum absolute atomic E-state index is 11.0. The van der Waals surface area contributed by atoms with Crippen LogP contribution in [0, 0.1) is 5.92 Å². The van der Waals surface area contributed by atoms with Crippen LogP contribution in [0.25, 0.3) is 0 Å². The van der Waals surface area contributed by atoms with Crippen LogP contribution in [0.3, 0.4) is 0 Å². The Balaban J connectivity index is 1.88. The van der Waals surface area contributed by atoms with Gasteiger partial charge in [0.05, 0.1) is 12.6 Å². The monoisotopic (exact) mass is 255 g/mol. The van der Waals surface area contributed by atoms with Crippen molar-refractivity contribution >= 4 is 5.97 Å². The van der Waals surface area contributed by atoms with Crippen LogP contribution in [0.1, 0.15) is 45.4 Å². The number of nitrogens with zero attached hydrogens (tertiary/aromatic N) is 1. The highest BCUT2D eigenvalue weighted by Gasteiger charge is 2.28. The molecule has 0 aromatic rings. The second-order valence-corrected chi connectivity index (χ2v) is 5.87. The van der Waals surface area contributed by atoms with E-state index >= 15 is 0 Å². The molecule has 1 aliphatic heterocycles. The number of aliphatic carboxylic acids is 1. The Morgan fingerprint density at radius 2 is 2.00 bits per heavy atom. The van der Waals surface area contributed by atoms with Gasteiger partial charge in [0, 0.05) is 19.2 Å². The minimum atomic E-state index is -0.716. The first kappa shape index (κ1) is 13.8. The summed E-state index contributed by atoms with van der Waals surface area (Å²) < 4.78 is 5.64. The van der Waals surface area contributed by atoms with E-state index < -0.39 is 5.97 Å². The van der Waals surface area contributed by atoms with E-state index in [1.807, 2.05) is 0 Å². The first-order valence-electron chi connectivity index (χ1n) is 7.22. The molecule has 104 valence electrons. The van der Waals surface area contributed by atoms with Gasteiger partial charge in [-0.05, 0) is 44.4 Å². The van der Waals surface area contributed by atoms with E-state index in [0.717, 1.165) is 44.8 Å². The summed E-state index contributed by atoms with van der Waals surface area (Å²) in [5.74, 6) is 0.0854. The Labute approximate surface area is 109 Å². The van der Waals surface area contributed by atoms with E-state index in [2.05, 4.69) is 11.8 Å². The quantitative estimate of drug-likeness (QED) is 0.817. The molecule has 1 heterocycles. The van der Waals surface area contributed by atoms with Crippen LogP contribution < -0.4 is 0 Å². The molecule has 0 amide bonds. The van der Waals surface area contributed by atoms with Gasteiger partial charge in [-0.25, -0.2) is 0 Å². The van der Waals surface area contributed by atoms with Crippen molar-refractivity contribution < 1.29 is 14.6 Å². The molecule has 1 atom stereocenters. The molecule has 0 unspecified atom stereocenters. The van der Waals surface area contributed by atoms with Gasteiger partial charge in [-0.15, -0.1) is 0 Å². The number of ether oxygens (including phenoxy) is 1. The predicted molar refractivity (Wildman–Crippen MR) is 69.6 cm³/mol. The molecule has 4 heteroatoms. The molecule has 4 nitrogen and oxygen atoms in total. The summed E-state index contributed by atoms with van der Waals surface area (Å²) in [4.78, 5) is 13.2. The van der Waals surface area contributed by atoms with E-state index in [1.165, 1.54) is 12.8 Å². The van der Waals surface area contributed by atoms with Crippen LogP contribution >= 0.6 is 0 Å². The third kappa shape index (κ3) is 3.95. The van der Waals surface area contributed by atoms with Gasteiger partial charge < -0.3 is 9.84 Å². The lowest BCUT2D eigenvalue weighted by Gasteiger charge is -2.36.